The van der Waals surface area contributed by atoms with Crippen LogP contribution in [0.5, 0.6) is 0 Å². The lowest BCUT2D eigenvalue weighted by Gasteiger charge is -2.00. The van der Waals surface area contributed by atoms with Crippen LogP contribution in [0.1, 0.15) is 0 Å². The highest BCUT2D eigenvalue weighted by Crippen LogP contribution is 2.04. The Morgan fingerprint density at radius 3 is 2.54 bits per heavy atom. The van der Waals surface area contributed by atoms with Crippen LogP contribution >= 0.6 is 0 Å². The first-order valence-corrected chi connectivity index (χ1v) is 5.20. The van der Waals surface area contributed by atoms with Crippen LogP contribution in [0.15, 0.2) is 35.2 Å². The summed E-state index contributed by atoms with van der Waals surface area (Å²) in [6.45, 7) is 0. The minimum absolute atomic E-state index is 0.0283. The summed E-state index contributed by atoms with van der Waals surface area (Å²) < 4.78 is 11.5. The van der Waals surface area contributed by atoms with Gasteiger partial charge in [-0.25, -0.2) is 0 Å². The van der Waals surface area contributed by atoms with Crippen LogP contribution in [-0.4, -0.2) is 22.9 Å². The molecule has 0 bridgehead atoms. The first kappa shape index (κ1) is 9.92. The quantitative estimate of drug-likeness (QED) is 0.768. The van der Waals surface area contributed by atoms with Gasteiger partial charge in [0.15, 0.2) is 0 Å². The van der Waals surface area contributed by atoms with E-state index in [-0.39, 0.29) is 11.7 Å². The SMILES string of the molecule is CNC(=O)CS(=O)c1ccccc1. The third kappa shape index (κ3) is 2.99. The maximum atomic E-state index is 11.5. The number of carbonyl (C=O) groups is 1. The zero-order valence-electron chi connectivity index (χ0n) is 7.32. The Balaban J connectivity index is 2.65. The average molecular weight is 197 g/mol. The number of hydrogen-bond donors (Lipinski definition) is 1. The highest BCUT2D eigenvalue weighted by molar-refractivity contribution is 7.85. The molecule has 0 spiro atoms. The summed E-state index contributed by atoms with van der Waals surface area (Å²) >= 11 is 0. The van der Waals surface area contributed by atoms with Crippen LogP contribution < -0.4 is 5.32 Å². The lowest BCUT2D eigenvalue weighted by atomic mass is 10.4. The van der Waals surface area contributed by atoms with E-state index in [2.05, 4.69) is 5.32 Å². The van der Waals surface area contributed by atoms with E-state index in [1.165, 1.54) is 7.05 Å². The fraction of sp³-hybridized carbons (Fsp3) is 0.222. The Morgan fingerprint density at radius 2 is 2.00 bits per heavy atom. The van der Waals surface area contributed by atoms with Gasteiger partial charge in [0, 0.05) is 11.9 Å². The van der Waals surface area contributed by atoms with E-state index in [4.69, 9.17) is 0 Å². The van der Waals surface area contributed by atoms with Crippen LogP contribution in [-0.2, 0) is 15.6 Å². The van der Waals surface area contributed by atoms with Crippen molar-refractivity contribution in [1.82, 2.24) is 5.32 Å². The summed E-state index contributed by atoms with van der Waals surface area (Å²) in [4.78, 5) is 11.6. The topological polar surface area (TPSA) is 46.2 Å². The average Bonchev–Trinajstić information content (AvgIpc) is 2.19. The summed E-state index contributed by atoms with van der Waals surface area (Å²) in [7, 11) is 0.307. The molecular formula is C9H11NO2S. The molecule has 0 aliphatic carbocycles. The van der Waals surface area contributed by atoms with Crippen molar-refractivity contribution in [2.45, 2.75) is 4.90 Å². The molecule has 0 saturated heterocycles. The fourth-order valence-electron chi connectivity index (χ4n) is 0.847. The van der Waals surface area contributed by atoms with Crippen molar-refractivity contribution in [3.8, 4) is 0 Å². The molecule has 1 unspecified atom stereocenters. The number of carbonyl (C=O) groups excluding carboxylic acids is 1. The molecule has 0 aliphatic heterocycles. The molecule has 1 aromatic rings. The Hall–Kier alpha value is -1.16. The molecule has 70 valence electrons. The second kappa shape index (κ2) is 4.77. The second-order valence-electron chi connectivity index (χ2n) is 2.48. The number of hydrogen-bond acceptors (Lipinski definition) is 2. The lowest BCUT2D eigenvalue weighted by molar-refractivity contribution is -0.118. The van der Waals surface area contributed by atoms with Crippen molar-refractivity contribution in [1.29, 1.82) is 0 Å². The van der Waals surface area contributed by atoms with Gasteiger partial charge in [0.2, 0.25) is 5.91 Å². The smallest absolute Gasteiger partial charge is 0.232 e. The minimum Gasteiger partial charge on any atom is -0.358 e. The van der Waals surface area contributed by atoms with E-state index in [0.717, 1.165) is 0 Å². The van der Waals surface area contributed by atoms with E-state index in [9.17, 15) is 9.00 Å². The molecule has 13 heavy (non-hydrogen) atoms. The van der Waals surface area contributed by atoms with Gasteiger partial charge in [-0.3, -0.25) is 9.00 Å². The minimum atomic E-state index is -1.23. The number of benzene rings is 1. The van der Waals surface area contributed by atoms with Crippen LogP contribution in [0, 0.1) is 0 Å². The standard InChI is InChI=1S/C9H11NO2S/c1-10-9(11)7-13(12)8-5-3-2-4-6-8/h2-6H,7H2,1H3,(H,10,11). The Labute approximate surface area is 79.6 Å². The number of amides is 1. The van der Waals surface area contributed by atoms with Crippen molar-refractivity contribution in [3.63, 3.8) is 0 Å². The van der Waals surface area contributed by atoms with Gasteiger partial charge in [0.1, 0.15) is 5.75 Å². The van der Waals surface area contributed by atoms with Crippen molar-refractivity contribution in [2.75, 3.05) is 12.8 Å². The van der Waals surface area contributed by atoms with Gasteiger partial charge in [0.25, 0.3) is 0 Å². The van der Waals surface area contributed by atoms with Gasteiger partial charge in [-0.1, -0.05) is 18.2 Å². The molecule has 0 fully saturated rings. The van der Waals surface area contributed by atoms with Crippen molar-refractivity contribution in [3.05, 3.63) is 30.3 Å². The van der Waals surface area contributed by atoms with E-state index < -0.39 is 10.8 Å². The van der Waals surface area contributed by atoms with Crippen LogP contribution in [0.2, 0.25) is 0 Å². The maximum Gasteiger partial charge on any atom is 0.232 e. The van der Waals surface area contributed by atoms with Gasteiger partial charge in [-0.15, -0.1) is 0 Å². The predicted octanol–water partition coefficient (Wildman–Crippen LogP) is 0.540. The molecule has 0 radical (unpaired) electrons. The number of nitrogens with one attached hydrogen (secondary N) is 1. The zero-order chi connectivity index (χ0) is 9.68. The number of rotatable bonds is 3. The first-order valence-electron chi connectivity index (χ1n) is 3.88. The molecule has 0 aromatic heterocycles. The van der Waals surface area contributed by atoms with Gasteiger partial charge in [-0.05, 0) is 12.1 Å². The predicted molar refractivity (Wildman–Crippen MR) is 51.8 cm³/mol. The van der Waals surface area contributed by atoms with Crippen molar-refractivity contribution in [2.24, 2.45) is 0 Å². The summed E-state index contributed by atoms with van der Waals surface area (Å²) in [6, 6.07) is 8.95. The molecule has 0 heterocycles. The monoisotopic (exact) mass is 197 g/mol. The third-order valence-corrected chi connectivity index (χ3v) is 2.87. The van der Waals surface area contributed by atoms with E-state index >= 15 is 0 Å². The normalized spacial score (nSPS) is 12.1. The largest absolute Gasteiger partial charge is 0.358 e. The highest BCUT2D eigenvalue weighted by atomic mass is 32.2. The zero-order valence-corrected chi connectivity index (χ0v) is 8.14. The molecule has 1 rings (SSSR count). The van der Waals surface area contributed by atoms with E-state index in [0.29, 0.717) is 4.90 Å². The maximum absolute atomic E-state index is 11.5. The summed E-state index contributed by atoms with van der Waals surface area (Å²) in [5.74, 6) is -0.178. The molecule has 1 atom stereocenters. The first-order chi connectivity index (χ1) is 6.24. The molecule has 4 heteroatoms. The van der Waals surface area contributed by atoms with Gasteiger partial charge < -0.3 is 5.32 Å². The van der Waals surface area contributed by atoms with Crippen LogP contribution in [0.3, 0.4) is 0 Å². The summed E-state index contributed by atoms with van der Waals surface area (Å²) in [6.07, 6.45) is 0. The summed E-state index contributed by atoms with van der Waals surface area (Å²) in [5, 5.41) is 2.43. The lowest BCUT2D eigenvalue weighted by Crippen LogP contribution is -2.24. The Kier molecular flexibility index (Phi) is 3.64. The van der Waals surface area contributed by atoms with Crippen LogP contribution in [0.4, 0.5) is 0 Å². The molecule has 0 aliphatic rings. The van der Waals surface area contributed by atoms with Gasteiger partial charge >= 0.3 is 0 Å². The molecule has 1 aromatic carbocycles. The fourth-order valence-corrected chi connectivity index (χ4v) is 1.86. The molecular weight excluding hydrogens is 186 g/mol. The molecule has 1 N–H and O–H groups in total. The van der Waals surface area contributed by atoms with E-state index in [1.54, 1.807) is 24.3 Å². The third-order valence-electron chi connectivity index (χ3n) is 1.55. The molecule has 0 saturated carbocycles. The summed E-state index contributed by atoms with van der Waals surface area (Å²) in [5.41, 5.74) is 0. The van der Waals surface area contributed by atoms with Crippen molar-refractivity contribution < 1.29 is 9.00 Å². The van der Waals surface area contributed by atoms with E-state index in [1.807, 2.05) is 6.07 Å². The molecule has 1 amide bonds. The van der Waals surface area contributed by atoms with Crippen LogP contribution in [0.25, 0.3) is 0 Å². The van der Waals surface area contributed by atoms with Gasteiger partial charge in [0.05, 0.1) is 10.8 Å². The highest BCUT2D eigenvalue weighted by Gasteiger charge is 2.07. The Bertz CT molecular complexity index is 311. The van der Waals surface area contributed by atoms with Gasteiger partial charge in [-0.2, -0.15) is 0 Å². The Morgan fingerprint density at radius 1 is 1.38 bits per heavy atom. The van der Waals surface area contributed by atoms with Crippen molar-refractivity contribution >= 4 is 16.7 Å². The molecule has 3 nitrogen and oxygen atoms in total. The second-order valence-corrected chi connectivity index (χ2v) is 3.93.